The lowest BCUT2D eigenvalue weighted by Gasteiger charge is -2.31. The summed E-state index contributed by atoms with van der Waals surface area (Å²) in [5, 5.41) is 0. The average molecular weight is 326 g/mol. The first-order chi connectivity index (χ1) is 9.15. The number of nitrogens with zero attached hydrogens (tertiary/aromatic N) is 1. The second-order valence-electron chi connectivity index (χ2n) is 4.99. The molecule has 104 valence electrons. The Hall–Kier alpha value is -1.03. The zero-order chi connectivity index (χ0) is 13.8. The normalized spacial score (nSPS) is 16.5. The van der Waals surface area contributed by atoms with Gasteiger partial charge in [0.25, 0.3) is 5.91 Å². The summed E-state index contributed by atoms with van der Waals surface area (Å²) in [6, 6.07) is 5.55. The standard InChI is InChI=1S/C15H20BrNO2/c1-3-11-6-8-17(9-7-11)15(18)13-5-4-12(16)10-14(13)19-2/h4-5,10-11H,3,6-9H2,1-2H3. The van der Waals surface area contributed by atoms with E-state index in [-0.39, 0.29) is 5.91 Å². The van der Waals surface area contributed by atoms with Crippen molar-refractivity contribution in [3.05, 3.63) is 28.2 Å². The lowest BCUT2D eigenvalue weighted by Crippen LogP contribution is -2.38. The lowest BCUT2D eigenvalue weighted by atomic mass is 9.94. The molecule has 1 fully saturated rings. The fraction of sp³-hybridized carbons (Fsp3) is 0.533. The maximum Gasteiger partial charge on any atom is 0.257 e. The van der Waals surface area contributed by atoms with E-state index in [0.717, 1.165) is 36.3 Å². The van der Waals surface area contributed by atoms with Gasteiger partial charge in [0, 0.05) is 17.6 Å². The Morgan fingerprint density at radius 3 is 2.68 bits per heavy atom. The smallest absolute Gasteiger partial charge is 0.257 e. The zero-order valence-electron chi connectivity index (χ0n) is 11.5. The fourth-order valence-electron chi connectivity index (χ4n) is 2.56. The van der Waals surface area contributed by atoms with Crippen LogP contribution in [0.3, 0.4) is 0 Å². The molecule has 0 bridgehead atoms. The van der Waals surface area contributed by atoms with Crippen molar-refractivity contribution in [1.29, 1.82) is 0 Å². The number of halogens is 1. The maximum absolute atomic E-state index is 12.5. The van der Waals surface area contributed by atoms with E-state index in [1.807, 2.05) is 23.1 Å². The van der Waals surface area contributed by atoms with Crippen molar-refractivity contribution in [3.63, 3.8) is 0 Å². The molecule has 1 heterocycles. The number of rotatable bonds is 3. The molecule has 1 aromatic carbocycles. The van der Waals surface area contributed by atoms with Crippen LogP contribution in [0.2, 0.25) is 0 Å². The summed E-state index contributed by atoms with van der Waals surface area (Å²) in [6.45, 7) is 3.94. The first-order valence-electron chi connectivity index (χ1n) is 6.78. The van der Waals surface area contributed by atoms with Crippen molar-refractivity contribution in [3.8, 4) is 5.75 Å². The molecule has 1 aliphatic rings. The van der Waals surface area contributed by atoms with Gasteiger partial charge < -0.3 is 9.64 Å². The molecule has 0 unspecified atom stereocenters. The van der Waals surface area contributed by atoms with E-state index in [1.165, 1.54) is 6.42 Å². The summed E-state index contributed by atoms with van der Waals surface area (Å²) in [6.07, 6.45) is 3.44. The highest BCUT2D eigenvalue weighted by atomic mass is 79.9. The number of piperidine rings is 1. The Labute approximate surface area is 123 Å². The first-order valence-corrected chi connectivity index (χ1v) is 7.57. The molecule has 0 radical (unpaired) electrons. The third-order valence-corrected chi connectivity index (χ3v) is 4.37. The molecule has 0 saturated carbocycles. The Balaban J connectivity index is 2.12. The zero-order valence-corrected chi connectivity index (χ0v) is 13.1. The van der Waals surface area contributed by atoms with Crippen molar-refractivity contribution >= 4 is 21.8 Å². The van der Waals surface area contributed by atoms with Crippen LogP contribution in [0.15, 0.2) is 22.7 Å². The molecule has 2 rings (SSSR count). The molecule has 19 heavy (non-hydrogen) atoms. The first kappa shape index (κ1) is 14.4. The number of hydrogen-bond acceptors (Lipinski definition) is 2. The van der Waals surface area contributed by atoms with Crippen molar-refractivity contribution in [1.82, 2.24) is 4.90 Å². The largest absolute Gasteiger partial charge is 0.496 e. The number of methoxy groups -OCH3 is 1. The molecular formula is C15H20BrNO2. The molecule has 1 saturated heterocycles. The minimum Gasteiger partial charge on any atom is -0.496 e. The Kier molecular flexibility index (Phi) is 4.86. The molecule has 0 N–H and O–H groups in total. The molecule has 0 aromatic heterocycles. The molecule has 1 amide bonds. The van der Waals surface area contributed by atoms with Crippen LogP contribution < -0.4 is 4.74 Å². The minimum absolute atomic E-state index is 0.0823. The van der Waals surface area contributed by atoms with E-state index >= 15 is 0 Å². The van der Waals surface area contributed by atoms with E-state index < -0.39 is 0 Å². The van der Waals surface area contributed by atoms with Gasteiger partial charge in [0.2, 0.25) is 0 Å². The van der Waals surface area contributed by atoms with Gasteiger partial charge in [-0.1, -0.05) is 29.3 Å². The monoisotopic (exact) mass is 325 g/mol. The SMILES string of the molecule is CCC1CCN(C(=O)c2ccc(Br)cc2OC)CC1. The van der Waals surface area contributed by atoms with Crippen molar-refractivity contribution in [2.24, 2.45) is 5.92 Å². The highest BCUT2D eigenvalue weighted by Gasteiger charge is 2.24. The van der Waals surface area contributed by atoms with E-state index in [0.29, 0.717) is 11.3 Å². The van der Waals surface area contributed by atoms with Gasteiger partial charge in [-0.25, -0.2) is 0 Å². The van der Waals surface area contributed by atoms with Crippen LogP contribution in [-0.4, -0.2) is 31.0 Å². The van der Waals surface area contributed by atoms with Gasteiger partial charge in [0.05, 0.1) is 12.7 Å². The molecule has 4 heteroatoms. The third kappa shape index (κ3) is 3.30. The molecule has 1 aromatic rings. The number of benzene rings is 1. The molecule has 0 spiro atoms. The summed E-state index contributed by atoms with van der Waals surface area (Å²) >= 11 is 3.39. The highest BCUT2D eigenvalue weighted by Crippen LogP contribution is 2.27. The maximum atomic E-state index is 12.5. The summed E-state index contributed by atoms with van der Waals surface area (Å²) in [4.78, 5) is 14.5. The van der Waals surface area contributed by atoms with Crippen LogP contribution in [-0.2, 0) is 0 Å². The van der Waals surface area contributed by atoms with E-state index in [4.69, 9.17) is 4.74 Å². The third-order valence-electron chi connectivity index (χ3n) is 3.87. The molecule has 1 aliphatic heterocycles. The summed E-state index contributed by atoms with van der Waals surface area (Å²) in [5.41, 5.74) is 0.653. The summed E-state index contributed by atoms with van der Waals surface area (Å²) in [5.74, 6) is 1.49. The van der Waals surface area contributed by atoms with Crippen LogP contribution in [0.1, 0.15) is 36.5 Å². The number of amides is 1. The minimum atomic E-state index is 0.0823. The Morgan fingerprint density at radius 1 is 1.42 bits per heavy atom. The molecular weight excluding hydrogens is 306 g/mol. The van der Waals surface area contributed by atoms with Gasteiger partial charge in [-0.3, -0.25) is 4.79 Å². The summed E-state index contributed by atoms with van der Waals surface area (Å²) < 4.78 is 6.22. The lowest BCUT2D eigenvalue weighted by molar-refractivity contribution is 0.0685. The van der Waals surface area contributed by atoms with E-state index in [2.05, 4.69) is 22.9 Å². The van der Waals surface area contributed by atoms with Crippen LogP contribution in [0.5, 0.6) is 5.75 Å². The van der Waals surface area contributed by atoms with Crippen molar-refractivity contribution in [2.45, 2.75) is 26.2 Å². The average Bonchev–Trinajstić information content (AvgIpc) is 2.46. The molecule has 0 atom stereocenters. The topological polar surface area (TPSA) is 29.5 Å². The van der Waals surface area contributed by atoms with Gasteiger partial charge in [-0.05, 0) is 37.0 Å². The van der Waals surface area contributed by atoms with Crippen LogP contribution >= 0.6 is 15.9 Å². The van der Waals surface area contributed by atoms with Crippen LogP contribution in [0, 0.1) is 5.92 Å². The number of ether oxygens (including phenoxy) is 1. The molecule has 0 aliphatic carbocycles. The van der Waals surface area contributed by atoms with E-state index in [1.54, 1.807) is 7.11 Å². The van der Waals surface area contributed by atoms with Gasteiger partial charge in [0.15, 0.2) is 0 Å². The van der Waals surface area contributed by atoms with Gasteiger partial charge in [-0.2, -0.15) is 0 Å². The predicted octanol–water partition coefficient (Wildman–Crippen LogP) is 3.72. The highest BCUT2D eigenvalue weighted by molar-refractivity contribution is 9.10. The quantitative estimate of drug-likeness (QED) is 0.847. The second kappa shape index (κ2) is 6.42. The Morgan fingerprint density at radius 2 is 2.11 bits per heavy atom. The van der Waals surface area contributed by atoms with Crippen molar-refractivity contribution in [2.75, 3.05) is 20.2 Å². The van der Waals surface area contributed by atoms with Crippen molar-refractivity contribution < 1.29 is 9.53 Å². The van der Waals surface area contributed by atoms with E-state index in [9.17, 15) is 4.79 Å². The second-order valence-corrected chi connectivity index (χ2v) is 5.90. The number of likely N-dealkylation sites (tertiary alicyclic amines) is 1. The van der Waals surface area contributed by atoms with Crippen LogP contribution in [0.25, 0.3) is 0 Å². The summed E-state index contributed by atoms with van der Waals surface area (Å²) in [7, 11) is 1.60. The Bertz CT molecular complexity index is 453. The fourth-order valence-corrected chi connectivity index (χ4v) is 2.90. The van der Waals surface area contributed by atoms with Gasteiger partial charge >= 0.3 is 0 Å². The van der Waals surface area contributed by atoms with Gasteiger partial charge in [0.1, 0.15) is 5.75 Å². The predicted molar refractivity (Wildman–Crippen MR) is 79.6 cm³/mol. The van der Waals surface area contributed by atoms with Gasteiger partial charge in [-0.15, -0.1) is 0 Å². The number of carbonyl (C=O) groups is 1. The number of carbonyl (C=O) groups excluding carboxylic acids is 1. The van der Waals surface area contributed by atoms with Crippen LogP contribution in [0.4, 0.5) is 0 Å². The molecule has 3 nitrogen and oxygen atoms in total. The number of hydrogen-bond donors (Lipinski definition) is 0.